The van der Waals surface area contributed by atoms with Crippen LogP contribution >= 0.6 is 11.3 Å². The molecule has 1 aliphatic heterocycles. The first-order valence-electron chi connectivity index (χ1n) is 14.1. The Morgan fingerprint density at radius 3 is 2.44 bits per heavy atom. The van der Waals surface area contributed by atoms with Crippen LogP contribution in [0.1, 0.15) is 43.7 Å². The van der Waals surface area contributed by atoms with Crippen molar-refractivity contribution in [1.29, 1.82) is 5.26 Å². The molecule has 0 radical (unpaired) electrons. The molecule has 7 rings (SSSR count). The molecular weight excluding hydrogens is 535 g/mol. The number of halogens is 1. The number of nitrogens with zero attached hydrogens (tertiary/aromatic N) is 3. The van der Waals surface area contributed by atoms with Gasteiger partial charge in [-0.2, -0.15) is 5.26 Å². The van der Waals surface area contributed by atoms with Gasteiger partial charge in [0.05, 0.1) is 35.7 Å². The first-order chi connectivity index (χ1) is 20.2. The topological polar surface area (TPSA) is 72.1 Å². The molecule has 0 bridgehead atoms. The Labute approximate surface area is 242 Å². The van der Waals surface area contributed by atoms with Gasteiger partial charge in [-0.15, -0.1) is 11.3 Å². The van der Waals surface area contributed by atoms with E-state index in [9.17, 15) is 9.65 Å². The number of aromatic nitrogens is 2. The highest BCUT2D eigenvalue weighted by Gasteiger charge is 2.28. The lowest BCUT2D eigenvalue weighted by Gasteiger charge is -2.30. The summed E-state index contributed by atoms with van der Waals surface area (Å²) in [6, 6.07) is 23.6. The molecule has 8 heteroatoms. The predicted octanol–water partition coefficient (Wildman–Crippen LogP) is 8.47. The second-order valence-corrected chi connectivity index (χ2v) is 11.5. The van der Waals surface area contributed by atoms with Crippen molar-refractivity contribution in [2.75, 3.05) is 18.5 Å². The van der Waals surface area contributed by atoms with Crippen LogP contribution < -0.4 is 10.1 Å². The van der Waals surface area contributed by atoms with Gasteiger partial charge >= 0.3 is 0 Å². The van der Waals surface area contributed by atoms with E-state index in [4.69, 9.17) is 9.47 Å². The summed E-state index contributed by atoms with van der Waals surface area (Å²) in [5.41, 5.74) is 6.32. The van der Waals surface area contributed by atoms with Gasteiger partial charge in [0.2, 0.25) is 0 Å². The molecule has 2 aromatic heterocycles. The van der Waals surface area contributed by atoms with Gasteiger partial charge in [0.1, 0.15) is 23.7 Å². The first-order valence-corrected chi connectivity index (χ1v) is 15.0. The van der Waals surface area contributed by atoms with Crippen LogP contribution in [0.15, 0.2) is 72.1 Å². The molecule has 1 N–H and O–H groups in total. The lowest BCUT2D eigenvalue weighted by atomic mass is 9.92. The number of anilines is 2. The van der Waals surface area contributed by atoms with E-state index in [-0.39, 0.29) is 11.9 Å². The molecular formula is C33H29FN4O2S. The van der Waals surface area contributed by atoms with Gasteiger partial charge in [-0.05, 0) is 73.4 Å². The van der Waals surface area contributed by atoms with Crippen LogP contribution in [0.5, 0.6) is 5.75 Å². The zero-order valence-electron chi connectivity index (χ0n) is 22.5. The molecule has 206 valence electrons. The Morgan fingerprint density at radius 1 is 0.976 bits per heavy atom. The number of nitriles is 1. The number of nitrogens with one attached hydrogen (secondary N) is 1. The van der Waals surface area contributed by atoms with E-state index in [1.165, 1.54) is 29.9 Å². The third-order valence-corrected chi connectivity index (χ3v) is 8.81. The molecule has 1 aliphatic carbocycles. The molecule has 1 saturated carbocycles. The predicted molar refractivity (Wildman–Crippen MR) is 160 cm³/mol. The van der Waals surface area contributed by atoms with Crippen molar-refractivity contribution in [3.8, 4) is 34.3 Å². The van der Waals surface area contributed by atoms with E-state index in [0.29, 0.717) is 11.6 Å². The largest absolute Gasteiger partial charge is 0.490 e. The summed E-state index contributed by atoms with van der Waals surface area (Å²) in [5.74, 6) is 0.587. The minimum absolute atomic E-state index is 0.160. The molecule has 0 unspecified atom stereocenters. The third kappa shape index (κ3) is 5.08. The lowest BCUT2D eigenvalue weighted by molar-refractivity contribution is 0.0256. The van der Waals surface area contributed by atoms with Gasteiger partial charge in [-0.25, -0.2) is 9.37 Å². The monoisotopic (exact) mass is 564 g/mol. The highest BCUT2D eigenvalue weighted by Crippen LogP contribution is 2.43. The highest BCUT2D eigenvalue weighted by atomic mass is 32.1. The Bertz CT molecular complexity index is 1730. The standard InChI is InChI=1S/C33H29FN4O2S/c34-23-8-4-21(5-9-23)30-20-41-33(37-30)36-24-10-6-22(7-11-24)32-29(19-35)28-13-12-27(40-26-14-16-39-17-15-26)18-31(28)38(32)25-2-1-3-25/h4-13,18,20,25-26H,1-3,14-17H2,(H,36,37). The molecule has 6 nitrogen and oxygen atoms in total. The summed E-state index contributed by atoms with van der Waals surface area (Å²) in [6.07, 6.45) is 5.35. The maximum atomic E-state index is 13.3. The van der Waals surface area contributed by atoms with Crippen LogP contribution in [-0.4, -0.2) is 28.9 Å². The van der Waals surface area contributed by atoms with E-state index in [2.05, 4.69) is 39.1 Å². The van der Waals surface area contributed by atoms with E-state index in [1.807, 2.05) is 29.6 Å². The molecule has 2 aliphatic rings. The Hall–Kier alpha value is -4.19. The molecule has 0 spiro atoms. The number of hydrogen-bond acceptors (Lipinski definition) is 6. The van der Waals surface area contributed by atoms with Crippen LogP contribution in [0.2, 0.25) is 0 Å². The zero-order valence-corrected chi connectivity index (χ0v) is 23.3. The van der Waals surface area contributed by atoms with Gasteiger partial charge in [-0.1, -0.05) is 12.1 Å². The van der Waals surface area contributed by atoms with Crippen LogP contribution in [-0.2, 0) is 4.74 Å². The smallest absolute Gasteiger partial charge is 0.187 e. The number of benzene rings is 3. The molecule has 0 atom stereocenters. The summed E-state index contributed by atoms with van der Waals surface area (Å²) in [4.78, 5) is 4.67. The normalized spacial score (nSPS) is 15.9. The average molecular weight is 565 g/mol. The van der Waals surface area contributed by atoms with Crippen molar-refractivity contribution in [1.82, 2.24) is 9.55 Å². The maximum Gasteiger partial charge on any atom is 0.187 e. The van der Waals surface area contributed by atoms with Gasteiger partial charge in [0.15, 0.2) is 5.13 Å². The van der Waals surface area contributed by atoms with E-state index >= 15 is 0 Å². The second-order valence-electron chi connectivity index (χ2n) is 10.6. The molecule has 5 aromatic rings. The van der Waals surface area contributed by atoms with Crippen molar-refractivity contribution in [3.63, 3.8) is 0 Å². The molecule has 3 heterocycles. The van der Waals surface area contributed by atoms with Crippen molar-refractivity contribution in [3.05, 3.63) is 83.5 Å². The van der Waals surface area contributed by atoms with E-state index in [1.54, 1.807) is 12.1 Å². The molecule has 1 saturated heterocycles. The average Bonchev–Trinajstić information content (AvgIpc) is 3.56. The summed E-state index contributed by atoms with van der Waals surface area (Å²) in [7, 11) is 0. The summed E-state index contributed by atoms with van der Waals surface area (Å²) in [5, 5.41) is 17.4. The number of thiazole rings is 1. The van der Waals surface area contributed by atoms with Crippen LogP contribution in [0.3, 0.4) is 0 Å². The van der Waals surface area contributed by atoms with Crippen molar-refractivity contribution < 1.29 is 13.9 Å². The Morgan fingerprint density at radius 2 is 1.73 bits per heavy atom. The van der Waals surface area contributed by atoms with Crippen LogP contribution in [0, 0.1) is 17.1 Å². The van der Waals surface area contributed by atoms with Crippen molar-refractivity contribution in [2.24, 2.45) is 0 Å². The second kappa shape index (κ2) is 11.0. The maximum absolute atomic E-state index is 13.3. The highest BCUT2D eigenvalue weighted by molar-refractivity contribution is 7.14. The fourth-order valence-electron chi connectivity index (χ4n) is 5.69. The van der Waals surface area contributed by atoms with Crippen LogP contribution in [0.4, 0.5) is 15.2 Å². The fourth-order valence-corrected chi connectivity index (χ4v) is 6.43. The quantitative estimate of drug-likeness (QED) is 0.215. The summed E-state index contributed by atoms with van der Waals surface area (Å²) >= 11 is 1.50. The minimum atomic E-state index is -0.262. The van der Waals surface area contributed by atoms with Gasteiger partial charge < -0.3 is 19.4 Å². The van der Waals surface area contributed by atoms with Crippen molar-refractivity contribution >= 4 is 33.1 Å². The summed E-state index contributed by atoms with van der Waals surface area (Å²) < 4.78 is 27.5. The Kier molecular flexibility index (Phi) is 6.91. The minimum Gasteiger partial charge on any atom is -0.490 e. The molecule has 2 fully saturated rings. The van der Waals surface area contributed by atoms with Gasteiger partial charge in [0, 0.05) is 47.0 Å². The Balaban J connectivity index is 1.19. The third-order valence-electron chi connectivity index (χ3n) is 8.05. The van der Waals surface area contributed by atoms with Gasteiger partial charge in [0.25, 0.3) is 0 Å². The zero-order chi connectivity index (χ0) is 27.8. The van der Waals surface area contributed by atoms with Gasteiger partial charge in [-0.3, -0.25) is 0 Å². The molecule has 0 amide bonds. The SMILES string of the molecule is N#Cc1c(-c2ccc(Nc3nc(-c4ccc(F)cc4)cs3)cc2)n(C2CCC2)c2cc(OC3CCOCC3)ccc12. The number of rotatable bonds is 7. The first kappa shape index (κ1) is 25.8. The van der Waals surface area contributed by atoms with E-state index < -0.39 is 0 Å². The van der Waals surface area contributed by atoms with E-state index in [0.717, 1.165) is 88.9 Å². The lowest BCUT2D eigenvalue weighted by Crippen LogP contribution is -2.25. The number of fused-ring (bicyclic) bond motifs is 1. The number of ether oxygens (including phenoxy) is 2. The number of hydrogen-bond donors (Lipinski definition) is 1. The summed E-state index contributed by atoms with van der Waals surface area (Å²) in [6.45, 7) is 1.47. The molecule has 41 heavy (non-hydrogen) atoms. The molecule has 3 aromatic carbocycles. The van der Waals surface area contributed by atoms with Crippen LogP contribution in [0.25, 0.3) is 33.4 Å². The van der Waals surface area contributed by atoms with Crippen molar-refractivity contribution in [2.45, 2.75) is 44.2 Å². The fraction of sp³-hybridized carbons (Fsp3) is 0.273.